The smallest absolute Gasteiger partial charge is 0.338 e. The predicted molar refractivity (Wildman–Crippen MR) is 72.4 cm³/mol. The molecule has 0 spiro atoms. The normalized spacial score (nSPS) is 10.2. The number of hydrogen-bond donors (Lipinski definition) is 2. The van der Waals surface area contributed by atoms with E-state index in [0.717, 1.165) is 18.6 Å². The van der Waals surface area contributed by atoms with Gasteiger partial charge in [-0.1, -0.05) is 6.92 Å². The van der Waals surface area contributed by atoms with Crippen LogP contribution in [0.1, 0.15) is 23.7 Å². The van der Waals surface area contributed by atoms with Gasteiger partial charge in [0.25, 0.3) is 0 Å². The third-order valence-electron chi connectivity index (χ3n) is 2.20. The van der Waals surface area contributed by atoms with Crippen molar-refractivity contribution in [2.24, 2.45) is 0 Å². The van der Waals surface area contributed by atoms with Crippen molar-refractivity contribution >= 4 is 23.5 Å². The fraction of sp³-hybridized carbons (Fsp3) is 0.214. The predicted octanol–water partition coefficient (Wildman–Crippen LogP) is 1.83. The molecule has 6 nitrogen and oxygen atoms in total. The van der Waals surface area contributed by atoms with Crippen molar-refractivity contribution in [3.05, 3.63) is 42.0 Å². The van der Waals surface area contributed by atoms with Crippen LogP contribution in [-0.2, 0) is 14.3 Å². The Morgan fingerprint density at radius 3 is 2.40 bits per heavy atom. The molecule has 0 saturated carbocycles. The summed E-state index contributed by atoms with van der Waals surface area (Å²) in [7, 11) is 0. The van der Waals surface area contributed by atoms with Crippen LogP contribution < -0.4 is 5.32 Å². The number of carbonyl (C=O) groups excluding carboxylic acids is 2. The van der Waals surface area contributed by atoms with Crippen molar-refractivity contribution in [1.82, 2.24) is 0 Å². The number of anilines is 1. The minimum Gasteiger partial charge on any atom is -0.478 e. The van der Waals surface area contributed by atoms with Crippen LogP contribution in [0.2, 0.25) is 0 Å². The molecule has 0 unspecified atom stereocenters. The van der Waals surface area contributed by atoms with Crippen LogP contribution in [0.4, 0.5) is 5.69 Å². The first kappa shape index (κ1) is 15.4. The standard InChI is InChI=1S/C14H15NO5/c1-2-9-20-14(19)10-3-5-11(6-4-10)15-12(16)7-8-13(17)18/h3-8H,2,9H2,1H3,(H,15,16)(H,17,18)/b8-7+. The van der Waals surface area contributed by atoms with Crippen molar-refractivity contribution in [3.63, 3.8) is 0 Å². The molecule has 0 aliphatic heterocycles. The lowest BCUT2D eigenvalue weighted by atomic mass is 10.2. The van der Waals surface area contributed by atoms with E-state index in [-0.39, 0.29) is 0 Å². The monoisotopic (exact) mass is 277 g/mol. The van der Waals surface area contributed by atoms with Crippen molar-refractivity contribution in [3.8, 4) is 0 Å². The second-order valence-corrected chi connectivity index (χ2v) is 3.87. The zero-order valence-corrected chi connectivity index (χ0v) is 11.0. The molecule has 0 aliphatic rings. The summed E-state index contributed by atoms with van der Waals surface area (Å²) in [6.07, 6.45) is 2.40. The summed E-state index contributed by atoms with van der Waals surface area (Å²) in [5.41, 5.74) is 0.842. The molecule has 0 aliphatic carbocycles. The number of amides is 1. The third kappa shape index (κ3) is 5.34. The first-order valence-electron chi connectivity index (χ1n) is 6.02. The number of carboxylic acids is 1. The maximum Gasteiger partial charge on any atom is 0.338 e. The van der Waals surface area contributed by atoms with Gasteiger partial charge in [0.15, 0.2) is 0 Å². The number of nitrogens with one attached hydrogen (secondary N) is 1. The molecule has 1 aromatic rings. The highest BCUT2D eigenvalue weighted by molar-refractivity contribution is 6.02. The maximum atomic E-state index is 11.5. The van der Waals surface area contributed by atoms with Crippen molar-refractivity contribution in [1.29, 1.82) is 0 Å². The lowest BCUT2D eigenvalue weighted by Gasteiger charge is -2.05. The lowest BCUT2D eigenvalue weighted by molar-refractivity contribution is -0.131. The number of esters is 1. The molecule has 0 fully saturated rings. The van der Waals surface area contributed by atoms with Crippen LogP contribution in [0.3, 0.4) is 0 Å². The minimum absolute atomic E-state index is 0.358. The van der Waals surface area contributed by atoms with Crippen LogP contribution >= 0.6 is 0 Å². The first-order valence-corrected chi connectivity index (χ1v) is 6.02. The second kappa shape index (κ2) is 7.73. The van der Waals surface area contributed by atoms with E-state index in [1.54, 1.807) is 0 Å². The number of carboxylic acid groups (broad SMARTS) is 1. The summed E-state index contributed by atoms with van der Waals surface area (Å²) in [6, 6.07) is 6.12. The molecule has 106 valence electrons. The molecular formula is C14H15NO5. The van der Waals surface area contributed by atoms with Gasteiger partial charge in [-0.05, 0) is 30.7 Å². The molecule has 0 atom stereocenters. The van der Waals surface area contributed by atoms with Gasteiger partial charge in [-0.15, -0.1) is 0 Å². The van der Waals surface area contributed by atoms with E-state index in [1.807, 2.05) is 6.92 Å². The zero-order chi connectivity index (χ0) is 15.0. The highest BCUT2D eigenvalue weighted by Gasteiger charge is 2.06. The SMILES string of the molecule is CCCOC(=O)c1ccc(NC(=O)/C=C/C(=O)O)cc1. The summed E-state index contributed by atoms with van der Waals surface area (Å²) in [4.78, 5) is 33.1. The van der Waals surface area contributed by atoms with Crippen molar-refractivity contribution < 1.29 is 24.2 Å². The van der Waals surface area contributed by atoms with Crippen LogP contribution in [0.25, 0.3) is 0 Å². The van der Waals surface area contributed by atoms with E-state index in [1.165, 1.54) is 24.3 Å². The van der Waals surface area contributed by atoms with Crippen molar-refractivity contribution in [2.45, 2.75) is 13.3 Å². The summed E-state index contributed by atoms with van der Waals surface area (Å²) in [5, 5.41) is 10.8. The van der Waals surface area contributed by atoms with Gasteiger partial charge in [0.2, 0.25) is 5.91 Å². The number of carbonyl (C=O) groups is 3. The van der Waals surface area contributed by atoms with Crippen LogP contribution in [0, 0.1) is 0 Å². The van der Waals surface area contributed by atoms with Gasteiger partial charge in [-0.25, -0.2) is 9.59 Å². The average Bonchev–Trinajstić information content (AvgIpc) is 2.43. The van der Waals surface area contributed by atoms with E-state index in [2.05, 4.69) is 5.32 Å². The second-order valence-electron chi connectivity index (χ2n) is 3.87. The molecule has 0 aromatic heterocycles. The Morgan fingerprint density at radius 1 is 1.20 bits per heavy atom. The molecule has 2 N–H and O–H groups in total. The van der Waals surface area contributed by atoms with Gasteiger partial charge in [0.05, 0.1) is 12.2 Å². The van der Waals surface area contributed by atoms with Gasteiger partial charge in [0.1, 0.15) is 0 Å². The summed E-state index contributed by atoms with van der Waals surface area (Å²) in [5.74, 6) is -2.18. The minimum atomic E-state index is -1.20. The van der Waals surface area contributed by atoms with Crippen LogP contribution in [0.15, 0.2) is 36.4 Å². The highest BCUT2D eigenvalue weighted by atomic mass is 16.5. The molecule has 6 heteroatoms. The van der Waals surface area contributed by atoms with Gasteiger partial charge >= 0.3 is 11.9 Å². The topological polar surface area (TPSA) is 92.7 Å². The largest absolute Gasteiger partial charge is 0.478 e. The lowest BCUT2D eigenvalue weighted by Crippen LogP contribution is -2.09. The Hall–Kier alpha value is -2.63. The van der Waals surface area contributed by atoms with E-state index < -0.39 is 17.8 Å². The Labute approximate surface area is 116 Å². The van der Waals surface area contributed by atoms with Crippen molar-refractivity contribution in [2.75, 3.05) is 11.9 Å². The number of aliphatic carboxylic acids is 1. The Balaban J connectivity index is 2.60. The molecule has 1 amide bonds. The van der Waals surface area contributed by atoms with Gasteiger partial charge < -0.3 is 15.2 Å². The average molecular weight is 277 g/mol. The quantitative estimate of drug-likeness (QED) is 0.611. The molecule has 0 heterocycles. The van der Waals surface area contributed by atoms with E-state index in [9.17, 15) is 14.4 Å². The maximum absolute atomic E-state index is 11.5. The Bertz CT molecular complexity index is 519. The molecule has 0 radical (unpaired) electrons. The number of rotatable bonds is 6. The molecular weight excluding hydrogens is 262 g/mol. The summed E-state index contributed by atoms with van der Waals surface area (Å²) in [6.45, 7) is 2.26. The fourth-order valence-electron chi connectivity index (χ4n) is 1.30. The third-order valence-corrected chi connectivity index (χ3v) is 2.20. The van der Waals surface area contributed by atoms with Gasteiger partial charge in [0, 0.05) is 17.8 Å². The summed E-state index contributed by atoms with van der Waals surface area (Å²) >= 11 is 0. The Kier molecular flexibility index (Phi) is 5.96. The first-order chi connectivity index (χ1) is 9.52. The molecule has 0 bridgehead atoms. The van der Waals surface area contributed by atoms with E-state index in [0.29, 0.717) is 17.9 Å². The molecule has 1 rings (SSSR count). The summed E-state index contributed by atoms with van der Waals surface area (Å²) < 4.78 is 4.96. The number of hydrogen-bond acceptors (Lipinski definition) is 4. The van der Waals surface area contributed by atoms with Crippen LogP contribution in [0.5, 0.6) is 0 Å². The number of benzene rings is 1. The van der Waals surface area contributed by atoms with Gasteiger partial charge in [-0.2, -0.15) is 0 Å². The molecule has 0 saturated heterocycles. The van der Waals surface area contributed by atoms with Crippen LogP contribution in [-0.4, -0.2) is 29.6 Å². The zero-order valence-electron chi connectivity index (χ0n) is 11.0. The molecule has 1 aromatic carbocycles. The Morgan fingerprint density at radius 2 is 1.85 bits per heavy atom. The molecule has 20 heavy (non-hydrogen) atoms. The highest BCUT2D eigenvalue weighted by Crippen LogP contribution is 2.10. The van der Waals surface area contributed by atoms with E-state index in [4.69, 9.17) is 9.84 Å². The number of ether oxygens (including phenoxy) is 1. The van der Waals surface area contributed by atoms with Gasteiger partial charge in [-0.3, -0.25) is 4.79 Å². The fourth-order valence-corrected chi connectivity index (χ4v) is 1.30. The van der Waals surface area contributed by atoms with E-state index >= 15 is 0 Å².